The molecule has 1 saturated carbocycles. The molecule has 4 aliphatic rings. The predicted octanol–water partition coefficient (Wildman–Crippen LogP) is 4.95. The molecular formula is C22H24ClF2N5. The SMILES string of the molecule is FC1CCCC(C2=NC3=CN(Cc4cc(C5C=CC(Cl)=CC5)n[nH]4)CCC3=N2)[C@H]1F. The number of fused-ring (bicyclic) bond motifs is 1. The number of allylic oxidation sites excluding steroid dienone is 5. The first-order valence-corrected chi connectivity index (χ1v) is 10.9. The third kappa shape index (κ3) is 3.87. The Morgan fingerprint density at radius 3 is 2.97 bits per heavy atom. The van der Waals surface area contributed by atoms with Crippen molar-refractivity contribution in [2.45, 2.75) is 56.9 Å². The Morgan fingerprint density at radius 2 is 2.13 bits per heavy atom. The third-order valence-corrected chi connectivity index (χ3v) is 6.52. The van der Waals surface area contributed by atoms with Gasteiger partial charge in [-0.2, -0.15) is 5.10 Å². The van der Waals surface area contributed by atoms with E-state index >= 15 is 0 Å². The summed E-state index contributed by atoms with van der Waals surface area (Å²) in [7, 11) is 0. The van der Waals surface area contributed by atoms with Crippen LogP contribution < -0.4 is 0 Å². The van der Waals surface area contributed by atoms with E-state index in [0.29, 0.717) is 31.6 Å². The van der Waals surface area contributed by atoms with Gasteiger partial charge >= 0.3 is 0 Å². The fourth-order valence-corrected chi connectivity index (χ4v) is 4.69. The number of rotatable bonds is 4. The molecule has 5 nitrogen and oxygen atoms in total. The quantitative estimate of drug-likeness (QED) is 0.733. The van der Waals surface area contributed by atoms with E-state index < -0.39 is 18.3 Å². The van der Waals surface area contributed by atoms with E-state index in [0.717, 1.165) is 47.2 Å². The standard InChI is InChI=1S/C22H24ClF2N5/c23-14-6-4-13(5-7-14)19-10-15(28-29-19)11-30-9-8-18-20(12-30)27-22(26-18)16-2-1-3-17(24)21(16)25/h4,6-7,10,12-13,16-17,21H,1-3,5,8-9,11H2,(H,28,29)/t13?,16?,17?,21-/m1/s1. The zero-order valence-electron chi connectivity index (χ0n) is 16.6. The van der Waals surface area contributed by atoms with Crippen LogP contribution in [0.4, 0.5) is 8.78 Å². The van der Waals surface area contributed by atoms with E-state index in [1.165, 1.54) is 0 Å². The Kier molecular flexibility index (Phi) is 5.31. The lowest BCUT2D eigenvalue weighted by Gasteiger charge is -2.27. The van der Waals surface area contributed by atoms with E-state index in [2.05, 4.69) is 37.2 Å². The highest BCUT2D eigenvalue weighted by atomic mass is 35.5. The molecule has 2 aliphatic carbocycles. The van der Waals surface area contributed by atoms with Crippen molar-refractivity contribution in [2.24, 2.45) is 15.9 Å². The Hall–Kier alpha value is -2.28. The van der Waals surface area contributed by atoms with Crippen LogP contribution in [0.1, 0.15) is 49.4 Å². The van der Waals surface area contributed by atoms with Crippen molar-refractivity contribution in [2.75, 3.05) is 6.54 Å². The Balaban J connectivity index is 1.26. The number of amidine groups is 1. The molecule has 5 rings (SSSR count). The number of aromatic nitrogens is 2. The van der Waals surface area contributed by atoms with Crippen molar-refractivity contribution >= 4 is 23.1 Å². The monoisotopic (exact) mass is 431 g/mol. The van der Waals surface area contributed by atoms with Crippen LogP contribution in [-0.2, 0) is 6.54 Å². The summed E-state index contributed by atoms with van der Waals surface area (Å²) in [5, 5.41) is 8.36. The molecule has 0 saturated heterocycles. The maximum Gasteiger partial charge on any atom is 0.141 e. The summed E-state index contributed by atoms with van der Waals surface area (Å²) in [6.07, 6.45) is 8.25. The molecule has 2 aliphatic heterocycles. The average Bonchev–Trinajstić information content (AvgIpc) is 3.37. The van der Waals surface area contributed by atoms with Gasteiger partial charge in [0.25, 0.3) is 0 Å². The fourth-order valence-electron chi connectivity index (χ4n) is 4.53. The van der Waals surface area contributed by atoms with Gasteiger partial charge in [0.15, 0.2) is 0 Å². The van der Waals surface area contributed by atoms with Crippen LogP contribution in [-0.4, -0.2) is 45.5 Å². The molecule has 158 valence electrons. The summed E-state index contributed by atoms with van der Waals surface area (Å²) >= 11 is 6.00. The number of nitrogens with one attached hydrogen (secondary N) is 1. The minimum absolute atomic E-state index is 0.237. The predicted molar refractivity (Wildman–Crippen MR) is 114 cm³/mol. The van der Waals surface area contributed by atoms with Crippen LogP contribution in [0.25, 0.3) is 0 Å². The third-order valence-electron chi connectivity index (χ3n) is 6.24. The molecule has 0 amide bonds. The summed E-state index contributed by atoms with van der Waals surface area (Å²) in [5.41, 5.74) is 3.69. The molecular weight excluding hydrogens is 408 g/mol. The summed E-state index contributed by atoms with van der Waals surface area (Å²) in [6.45, 7) is 1.49. The summed E-state index contributed by atoms with van der Waals surface area (Å²) in [4.78, 5) is 11.3. The van der Waals surface area contributed by atoms with Crippen molar-refractivity contribution in [3.05, 3.63) is 52.6 Å². The molecule has 1 aromatic heterocycles. The summed E-state index contributed by atoms with van der Waals surface area (Å²) < 4.78 is 28.1. The number of hydrogen-bond donors (Lipinski definition) is 1. The van der Waals surface area contributed by atoms with Crippen LogP contribution >= 0.6 is 11.6 Å². The molecule has 3 heterocycles. The number of nitrogens with zero attached hydrogens (tertiary/aromatic N) is 4. The Bertz CT molecular complexity index is 976. The van der Waals surface area contributed by atoms with Crippen LogP contribution in [0.5, 0.6) is 0 Å². The van der Waals surface area contributed by atoms with Crippen LogP contribution in [0.15, 0.2) is 51.2 Å². The van der Waals surface area contributed by atoms with E-state index in [1.54, 1.807) is 0 Å². The lowest BCUT2D eigenvalue weighted by molar-refractivity contribution is 0.0941. The first kappa shape index (κ1) is 19.7. The van der Waals surface area contributed by atoms with Gasteiger partial charge in [-0.05, 0) is 37.8 Å². The minimum atomic E-state index is -1.50. The van der Waals surface area contributed by atoms with E-state index in [1.807, 2.05) is 18.4 Å². The zero-order valence-corrected chi connectivity index (χ0v) is 17.3. The van der Waals surface area contributed by atoms with Gasteiger partial charge in [0.2, 0.25) is 0 Å². The fraction of sp³-hybridized carbons (Fsp3) is 0.500. The molecule has 0 radical (unpaired) electrons. The minimum Gasteiger partial charge on any atom is -0.369 e. The summed E-state index contributed by atoms with van der Waals surface area (Å²) in [6, 6.07) is 2.09. The maximum atomic E-state index is 14.3. The highest BCUT2D eigenvalue weighted by Gasteiger charge is 2.38. The highest BCUT2D eigenvalue weighted by Crippen LogP contribution is 2.34. The zero-order chi connectivity index (χ0) is 20.7. The molecule has 30 heavy (non-hydrogen) atoms. The molecule has 4 atom stereocenters. The molecule has 0 spiro atoms. The smallest absolute Gasteiger partial charge is 0.141 e. The first-order valence-electron chi connectivity index (χ1n) is 10.6. The molecule has 1 fully saturated rings. The van der Waals surface area contributed by atoms with Crippen molar-refractivity contribution in [3.63, 3.8) is 0 Å². The second-order valence-electron chi connectivity index (χ2n) is 8.37. The van der Waals surface area contributed by atoms with Crippen molar-refractivity contribution in [1.29, 1.82) is 0 Å². The largest absolute Gasteiger partial charge is 0.369 e. The van der Waals surface area contributed by atoms with E-state index in [9.17, 15) is 8.78 Å². The van der Waals surface area contributed by atoms with Crippen LogP contribution in [0.3, 0.4) is 0 Å². The summed E-state index contributed by atoms with van der Waals surface area (Å²) in [5.74, 6) is 0.177. The second-order valence-corrected chi connectivity index (χ2v) is 8.81. The lowest BCUT2D eigenvalue weighted by Crippen LogP contribution is -2.35. The van der Waals surface area contributed by atoms with Gasteiger partial charge in [0.1, 0.15) is 23.9 Å². The molecule has 1 aromatic rings. The van der Waals surface area contributed by atoms with E-state index in [-0.39, 0.29) is 5.92 Å². The number of alkyl halides is 2. The Morgan fingerprint density at radius 1 is 1.23 bits per heavy atom. The normalized spacial score (nSPS) is 31.1. The van der Waals surface area contributed by atoms with Gasteiger partial charge in [-0.15, -0.1) is 0 Å². The number of halogens is 3. The number of H-pyrrole nitrogens is 1. The second kappa shape index (κ2) is 8.10. The number of hydrogen-bond acceptors (Lipinski definition) is 4. The van der Waals surface area contributed by atoms with E-state index in [4.69, 9.17) is 11.6 Å². The van der Waals surface area contributed by atoms with Crippen LogP contribution in [0.2, 0.25) is 0 Å². The molecule has 1 N–H and O–H groups in total. The van der Waals surface area contributed by atoms with Gasteiger partial charge in [0.05, 0.1) is 29.6 Å². The average molecular weight is 432 g/mol. The van der Waals surface area contributed by atoms with Gasteiger partial charge in [-0.25, -0.2) is 18.8 Å². The Labute approximate surface area is 179 Å². The molecule has 8 heteroatoms. The molecule has 3 unspecified atom stereocenters. The van der Waals surface area contributed by atoms with Crippen molar-refractivity contribution < 1.29 is 8.78 Å². The topological polar surface area (TPSA) is 56.6 Å². The van der Waals surface area contributed by atoms with Crippen molar-refractivity contribution in [1.82, 2.24) is 15.1 Å². The van der Waals surface area contributed by atoms with Gasteiger partial charge in [-0.3, -0.25) is 5.10 Å². The van der Waals surface area contributed by atoms with Crippen LogP contribution in [0, 0.1) is 5.92 Å². The van der Waals surface area contributed by atoms with Gasteiger partial charge < -0.3 is 4.90 Å². The highest BCUT2D eigenvalue weighted by molar-refractivity contribution is 6.31. The van der Waals surface area contributed by atoms with Crippen molar-refractivity contribution in [3.8, 4) is 0 Å². The van der Waals surface area contributed by atoms with Gasteiger partial charge in [-0.1, -0.05) is 23.8 Å². The lowest BCUT2D eigenvalue weighted by atomic mass is 9.85. The number of aliphatic imine (C=N–C) groups is 2. The maximum absolute atomic E-state index is 14.3. The molecule has 0 aromatic carbocycles. The number of aromatic amines is 1. The van der Waals surface area contributed by atoms with Gasteiger partial charge in [0, 0.05) is 30.1 Å². The first-order chi connectivity index (χ1) is 14.6. The molecule has 0 bridgehead atoms.